The number of hydrogen-bond donors (Lipinski definition) is 1. The molecule has 1 heterocycles. The zero-order chi connectivity index (χ0) is 8.55. The predicted molar refractivity (Wildman–Crippen MR) is 48.9 cm³/mol. The fourth-order valence-corrected chi connectivity index (χ4v) is 2.07. The molecule has 2 nitrogen and oxygen atoms in total. The summed E-state index contributed by atoms with van der Waals surface area (Å²) >= 11 is 0. The zero-order valence-electron chi connectivity index (χ0n) is 7.54. The van der Waals surface area contributed by atoms with Gasteiger partial charge in [-0.15, -0.1) is 0 Å². The van der Waals surface area contributed by atoms with E-state index in [1.807, 2.05) is 19.3 Å². The molecule has 1 aliphatic carbocycles. The number of rotatable bonds is 1. The fourth-order valence-electron chi connectivity index (χ4n) is 2.07. The van der Waals surface area contributed by atoms with Gasteiger partial charge in [-0.3, -0.25) is 4.98 Å². The van der Waals surface area contributed by atoms with Crippen LogP contribution < -0.4 is 5.32 Å². The van der Waals surface area contributed by atoms with Crippen LogP contribution in [0.25, 0.3) is 0 Å². The second-order valence-electron chi connectivity index (χ2n) is 3.49. The van der Waals surface area contributed by atoms with Crippen molar-refractivity contribution < 1.29 is 0 Å². The van der Waals surface area contributed by atoms with Gasteiger partial charge >= 0.3 is 0 Å². The van der Waals surface area contributed by atoms with Crippen molar-refractivity contribution in [2.75, 3.05) is 7.05 Å². The van der Waals surface area contributed by atoms with Gasteiger partial charge in [0.15, 0.2) is 0 Å². The van der Waals surface area contributed by atoms with Crippen LogP contribution in [0.2, 0.25) is 0 Å². The summed E-state index contributed by atoms with van der Waals surface area (Å²) < 4.78 is 0. The van der Waals surface area contributed by atoms with E-state index in [4.69, 9.17) is 0 Å². The van der Waals surface area contributed by atoms with Gasteiger partial charge in [0.1, 0.15) is 0 Å². The summed E-state index contributed by atoms with van der Waals surface area (Å²) in [5.41, 5.74) is 2.65. The highest BCUT2D eigenvalue weighted by molar-refractivity contribution is 5.29. The molecule has 2 atom stereocenters. The van der Waals surface area contributed by atoms with Crippen LogP contribution in [0.5, 0.6) is 0 Å². The molecule has 0 saturated heterocycles. The Balaban J connectivity index is 2.40. The van der Waals surface area contributed by atoms with Crippen molar-refractivity contribution in [1.29, 1.82) is 0 Å². The van der Waals surface area contributed by atoms with Gasteiger partial charge in [-0.05, 0) is 31.0 Å². The van der Waals surface area contributed by atoms with Crippen LogP contribution in [0, 0.1) is 5.92 Å². The third kappa shape index (κ3) is 1.03. The highest BCUT2D eigenvalue weighted by Gasteiger charge is 2.28. The Morgan fingerprint density at radius 2 is 2.42 bits per heavy atom. The Morgan fingerprint density at radius 3 is 3.17 bits per heavy atom. The largest absolute Gasteiger partial charge is 0.313 e. The molecule has 12 heavy (non-hydrogen) atoms. The molecule has 64 valence electrons. The second-order valence-corrected chi connectivity index (χ2v) is 3.49. The Bertz CT molecular complexity index is 283. The Kier molecular flexibility index (Phi) is 1.85. The van der Waals surface area contributed by atoms with Crippen LogP contribution in [0.3, 0.4) is 0 Å². The molecule has 1 aromatic heterocycles. The first-order valence-corrected chi connectivity index (χ1v) is 4.44. The molecule has 0 bridgehead atoms. The monoisotopic (exact) mass is 162 g/mol. The smallest absolute Gasteiger partial charge is 0.0454 e. The molecule has 0 amide bonds. The van der Waals surface area contributed by atoms with E-state index >= 15 is 0 Å². The van der Waals surface area contributed by atoms with Gasteiger partial charge < -0.3 is 5.32 Å². The summed E-state index contributed by atoms with van der Waals surface area (Å²) in [4.78, 5) is 4.37. The second kappa shape index (κ2) is 2.87. The summed E-state index contributed by atoms with van der Waals surface area (Å²) in [5.74, 6) is 0.680. The van der Waals surface area contributed by atoms with Crippen LogP contribution in [0.1, 0.15) is 24.2 Å². The van der Waals surface area contributed by atoms with Crippen molar-refractivity contribution in [3.8, 4) is 0 Å². The van der Waals surface area contributed by atoms with E-state index in [0.29, 0.717) is 12.0 Å². The number of nitrogens with one attached hydrogen (secondary N) is 1. The van der Waals surface area contributed by atoms with Crippen LogP contribution in [-0.2, 0) is 6.42 Å². The topological polar surface area (TPSA) is 24.9 Å². The summed E-state index contributed by atoms with van der Waals surface area (Å²) in [6.45, 7) is 2.27. The maximum Gasteiger partial charge on any atom is 0.0454 e. The van der Waals surface area contributed by atoms with Crippen molar-refractivity contribution in [3.05, 3.63) is 29.6 Å². The summed E-state index contributed by atoms with van der Waals surface area (Å²) in [6, 6.07) is 4.70. The van der Waals surface area contributed by atoms with Crippen molar-refractivity contribution in [1.82, 2.24) is 10.3 Å². The Labute approximate surface area is 73.0 Å². The molecular weight excluding hydrogens is 148 g/mol. The fraction of sp³-hybridized carbons (Fsp3) is 0.500. The van der Waals surface area contributed by atoms with E-state index in [9.17, 15) is 0 Å². The minimum absolute atomic E-state index is 0.508. The molecule has 0 radical (unpaired) electrons. The first kappa shape index (κ1) is 7.74. The van der Waals surface area contributed by atoms with Gasteiger partial charge in [-0.1, -0.05) is 13.0 Å². The minimum Gasteiger partial charge on any atom is -0.313 e. The third-order valence-electron chi connectivity index (χ3n) is 2.66. The maximum atomic E-state index is 4.37. The van der Waals surface area contributed by atoms with Gasteiger partial charge in [0.05, 0.1) is 0 Å². The van der Waals surface area contributed by atoms with Gasteiger partial charge in [0, 0.05) is 17.9 Å². The standard InChI is InChI=1S/C10H14N2/c1-7-6-9-8(10(7)11-2)4-3-5-12-9/h3-5,7,10-11H,6H2,1-2H3. The normalized spacial score (nSPS) is 27.2. The molecule has 2 unspecified atom stereocenters. The van der Waals surface area contributed by atoms with Crippen molar-refractivity contribution >= 4 is 0 Å². The molecule has 2 rings (SSSR count). The molecule has 0 aliphatic heterocycles. The molecule has 0 saturated carbocycles. The quantitative estimate of drug-likeness (QED) is 0.677. The summed E-state index contributed by atoms with van der Waals surface area (Å²) in [6.07, 6.45) is 2.99. The molecular formula is C10H14N2. The van der Waals surface area contributed by atoms with Gasteiger partial charge in [0.2, 0.25) is 0 Å². The molecule has 1 N–H and O–H groups in total. The predicted octanol–water partition coefficient (Wildman–Crippen LogP) is 1.53. The van der Waals surface area contributed by atoms with E-state index in [1.54, 1.807) is 0 Å². The highest BCUT2D eigenvalue weighted by Crippen LogP contribution is 2.33. The number of aromatic nitrogens is 1. The highest BCUT2D eigenvalue weighted by atomic mass is 14.9. The number of fused-ring (bicyclic) bond motifs is 1. The molecule has 2 heteroatoms. The van der Waals surface area contributed by atoms with Gasteiger partial charge in [-0.2, -0.15) is 0 Å². The van der Waals surface area contributed by atoms with Crippen molar-refractivity contribution in [2.45, 2.75) is 19.4 Å². The van der Waals surface area contributed by atoms with Gasteiger partial charge in [0.25, 0.3) is 0 Å². The van der Waals surface area contributed by atoms with Crippen LogP contribution in [0.15, 0.2) is 18.3 Å². The third-order valence-corrected chi connectivity index (χ3v) is 2.66. The Hall–Kier alpha value is -0.890. The number of nitrogens with zero attached hydrogens (tertiary/aromatic N) is 1. The van der Waals surface area contributed by atoms with E-state index in [-0.39, 0.29) is 0 Å². The van der Waals surface area contributed by atoms with Crippen molar-refractivity contribution in [3.63, 3.8) is 0 Å². The van der Waals surface area contributed by atoms with E-state index < -0.39 is 0 Å². The molecule has 0 aromatic carbocycles. The average Bonchev–Trinajstić information content (AvgIpc) is 2.40. The lowest BCUT2D eigenvalue weighted by Crippen LogP contribution is -2.19. The first-order valence-electron chi connectivity index (χ1n) is 4.44. The number of hydrogen-bond acceptors (Lipinski definition) is 2. The molecule has 0 spiro atoms. The first-order chi connectivity index (χ1) is 5.83. The van der Waals surface area contributed by atoms with Crippen LogP contribution in [0.4, 0.5) is 0 Å². The molecule has 1 aliphatic rings. The molecule has 0 fully saturated rings. The lowest BCUT2D eigenvalue weighted by atomic mass is 10.0. The van der Waals surface area contributed by atoms with Crippen molar-refractivity contribution in [2.24, 2.45) is 5.92 Å². The minimum atomic E-state index is 0.508. The molecule has 1 aromatic rings. The zero-order valence-corrected chi connectivity index (χ0v) is 7.54. The average molecular weight is 162 g/mol. The number of pyridine rings is 1. The van der Waals surface area contributed by atoms with E-state index in [1.165, 1.54) is 11.3 Å². The van der Waals surface area contributed by atoms with E-state index in [2.05, 4.69) is 23.3 Å². The Morgan fingerprint density at radius 1 is 1.58 bits per heavy atom. The lowest BCUT2D eigenvalue weighted by Gasteiger charge is -2.14. The van der Waals surface area contributed by atoms with Gasteiger partial charge in [-0.25, -0.2) is 0 Å². The maximum absolute atomic E-state index is 4.37. The van der Waals surface area contributed by atoms with Crippen LogP contribution in [-0.4, -0.2) is 12.0 Å². The SMILES string of the molecule is CNC1c2cccnc2CC1C. The lowest BCUT2D eigenvalue weighted by molar-refractivity contribution is 0.446. The summed E-state index contributed by atoms with van der Waals surface area (Å²) in [5, 5.41) is 3.33. The van der Waals surface area contributed by atoms with Crippen LogP contribution >= 0.6 is 0 Å². The summed E-state index contributed by atoms with van der Waals surface area (Å²) in [7, 11) is 2.02. The van der Waals surface area contributed by atoms with E-state index in [0.717, 1.165) is 6.42 Å².